The fraction of sp³-hybridized carbons (Fsp3) is 1.00. The molecule has 1 saturated heterocycles. The molecular weight excluding hydrogens is 124 g/mol. The van der Waals surface area contributed by atoms with Crippen molar-refractivity contribution >= 4 is 0 Å². The second-order valence-corrected chi connectivity index (χ2v) is 3.99. The smallest absolute Gasteiger partial charge is 0.0635 e. The Morgan fingerprint density at radius 2 is 2.10 bits per heavy atom. The Kier molecular flexibility index (Phi) is 1.48. The molecule has 1 saturated carbocycles. The van der Waals surface area contributed by atoms with E-state index in [9.17, 15) is 0 Å². The lowest BCUT2D eigenvalue weighted by atomic mass is 10.0. The van der Waals surface area contributed by atoms with E-state index in [0.29, 0.717) is 6.10 Å². The van der Waals surface area contributed by atoms with Gasteiger partial charge >= 0.3 is 0 Å². The summed E-state index contributed by atoms with van der Waals surface area (Å²) in [7, 11) is 0. The summed E-state index contributed by atoms with van der Waals surface area (Å²) in [5, 5.41) is 0. The van der Waals surface area contributed by atoms with Gasteiger partial charge in [-0.1, -0.05) is 13.8 Å². The van der Waals surface area contributed by atoms with Crippen molar-refractivity contribution in [3.63, 3.8) is 0 Å². The standard InChI is InChI=1S/C9H16O/c1-6-3-4-10-9-7(2)8(9)5-6/h6-9H,3-5H2,1-2H3. The minimum absolute atomic E-state index is 0.643. The summed E-state index contributed by atoms with van der Waals surface area (Å²) in [6, 6.07) is 0. The van der Waals surface area contributed by atoms with Gasteiger partial charge in [0.1, 0.15) is 0 Å². The molecule has 0 bridgehead atoms. The van der Waals surface area contributed by atoms with Crippen LogP contribution >= 0.6 is 0 Å². The van der Waals surface area contributed by atoms with E-state index in [2.05, 4.69) is 13.8 Å². The fourth-order valence-corrected chi connectivity index (χ4v) is 2.12. The van der Waals surface area contributed by atoms with E-state index in [1.807, 2.05) is 0 Å². The van der Waals surface area contributed by atoms with Gasteiger partial charge in [-0.25, -0.2) is 0 Å². The van der Waals surface area contributed by atoms with Gasteiger partial charge in [0.2, 0.25) is 0 Å². The van der Waals surface area contributed by atoms with Gasteiger partial charge in [-0.2, -0.15) is 0 Å². The zero-order valence-electron chi connectivity index (χ0n) is 6.84. The van der Waals surface area contributed by atoms with Crippen molar-refractivity contribution in [2.75, 3.05) is 6.61 Å². The topological polar surface area (TPSA) is 9.23 Å². The monoisotopic (exact) mass is 140 g/mol. The molecule has 1 aliphatic heterocycles. The molecule has 0 amide bonds. The van der Waals surface area contributed by atoms with Crippen molar-refractivity contribution in [3.05, 3.63) is 0 Å². The summed E-state index contributed by atoms with van der Waals surface area (Å²) < 4.78 is 5.66. The largest absolute Gasteiger partial charge is 0.378 e. The number of rotatable bonds is 0. The van der Waals surface area contributed by atoms with Gasteiger partial charge in [0.25, 0.3) is 0 Å². The predicted octanol–water partition coefficient (Wildman–Crippen LogP) is 2.07. The Morgan fingerprint density at radius 3 is 2.90 bits per heavy atom. The van der Waals surface area contributed by atoms with E-state index < -0.39 is 0 Å². The van der Waals surface area contributed by atoms with Crippen LogP contribution in [0.25, 0.3) is 0 Å². The summed E-state index contributed by atoms with van der Waals surface area (Å²) in [5.41, 5.74) is 0. The number of hydrogen-bond acceptors (Lipinski definition) is 1. The molecule has 1 nitrogen and oxygen atoms in total. The van der Waals surface area contributed by atoms with Gasteiger partial charge in [-0.15, -0.1) is 0 Å². The molecule has 4 atom stereocenters. The summed E-state index contributed by atoms with van der Waals surface area (Å²) in [6.07, 6.45) is 3.33. The van der Waals surface area contributed by atoms with E-state index in [-0.39, 0.29) is 0 Å². The number of hydrogen-bond donors (Lipinski definition) is 0. The lowest BCUT2D eigenvalue weighted by Gasteiger charge is -2.06. The molecule has 58 valence electrons. The van der Waals surface area contributed by atoms with Crippen molar-refractivity contribution < 1.29 is 4.74 Å². The molecule has 0 N–H and O–H groups in total. The van der Waals surface area contributed by atoms with Gasteiger partial charge in [0.15, 0.2) is 0 Å². The molecule has 2 fully saturated rings. The zero-order chi connectivity index (χ0) is 7.14. The highest BCUT2D eigenvalue weighted by atomic mass is 16.5. The quantitative estimate of drug-likeness (QED) is 0.500. The van der Waals surface area contributed by atoms with Gasteiger partial charge in [-0.05, 0) is 30.6 Å². The lowest BCUT2D eigenvalue weighted by molar-refractivity contribution is 0.106. The summed E-state index contributed by atoms with van der Waals surface area (Å²) >= 11 is 0. The molecule has 0 radical (unpaired) electrons. The van der Waals surface area contributed by atoms with Crippen LogP contribution in [0.5, 0.6) is 0 Å². The van der Waals surface area contributed by atoms with Gasteiger partial charge in [0, 0.05) is 6.61 Å². The van der Waals surface area contributed by atoms with Crippen LogP contribution in [0.1, 0.15) is 26.7 Å². The second kappa shape index (κ2) is 2.23. The highest BCUT2D eigenvalue weighted by Crippen LogP contribution is 2.47. The fourth-order valence-electron chi connectivity index (χ4n) is 2.12. The third-order valence-electron chi connectivity index (χ3n) is 3.07. The Labute approximate surface area is 62.8 Å². The maximum Gasteiger partial charge on any atom is 0.0635 e. The van der Waals surface area contributed by atoms with Crippen molar-refractivity contribution in [2.24, 2.45) is 17.8 Å². The molecule has 0 spiro atoms. The van der Waals surface area contributed by atoms with Crippen LogP contribution in [0.3, 0.4) is 0 Å². The van der Waals surface area contributed by atoms with Crippen LogP contribution in [0.4, 0.5) is 0 Å². The first-order chi connectivity index (χ1) is 4.79. The van der Waals surface area contributed by atoms with E-state index >= 15 is 0 Å². The minimum Gasteiger partial charge on any atom is -0.378 e. The SMILES string of the molecule is CC1CCOC2C(C)C2C1. The first kappa shape index (κ1) is 6.66. The first-order valence-electron chi connectivity index (χ1n) is 4.40. The first-order valence-corrected chi connectivity index (χ1v) is 4.40. The lowest BCUT2D eigenvalue weighted by Crippen LogP contribution is -2.00. The third-order valence-corrected chi connectivity index (χ3v) is 3.07. The van der Waals surface area contributed by atoms with Crippen molar-refractivity contribution in [2.45, 2.75) is 32.8 Å². The van der Waals surface area contributed by atoms with Crippen molar-refractivity contribution in [1.82, 2.24) is 0 Å². The van der Waals surface area contributed by atoms with Gasteiger partial charge in [-0.3, -0.25) is 0 Å². The van der Waals surface area contributed by atoms with Crippen LogP contribution in [0.2, 0.25) is 0 Å². The molecule has 1 heterocycles. The average molecular weight is 140 g/mol. The molecule has 0 aromatic carbocycles. The molecular formula is C9H16O. The van der Waals surface area contributed by atoms with Crippen LogP contribution in [-0.4, -0.2) is 12.7 Å². The normalized spacial score (nSPS) is 53.4. The molecule has 1 aliphatic carbocycles. The number of ether oxygens (including phenoxy) is 1. The van der Waals surface area contributed by atoms with E-state index in [4.69, 9.17) is 4.74 Å². The summed E-state index contributed by atoms with van der Waals surface area (Å²) in [6.45, 7) is 5.66. The Bertz CT molecular complexity index is 133. The molecule has 2 aliphatic rings. The number of fused-ring (bicyclic) bond motifs is 1. The van der Waals surface area contributed by atoms with Crippen LogP contribution in [0, 0.1) is 17.8 Å². The maximum absolute atomic E-state index is 5.66. The van der Waals surface area contributed by atoms with E-state index in [0.717, 1.165) is 24.4 Å². The second-order valence-electron chi connectivity index (χ2n) is 3.99. The van der Waals surface area contributed by atoms with Crippen LogP contribution < -0.4 is 0 Å². The molecule has 2 rings (SSSR count). The Balaban J connectivity index is 1.95. The van der Waals surface area contributed by atoms with Crippen molar-refractivity contribution in [1.29, 1.82) is 0 Å². The molecule has 0 aromatic rings. The van der Waals surface area contributed by atoms with Crippen LogP contribution in [0.15, 0.2) is 0 Å². The zero-order valence-corrected chi connectivity index (χ0v) is 6.84. The van der Waals surface area contributed by atoms with Gasteiger partial charge in [0.05, 0.1) is 6.10 Å². The van der Waals surface area contributed by atoms with E-state index in [1.165, 1.54) is 12.8 Å². The highest BCUT2D eigenvalue weighted by molar-refractivity contribution is 4.97. The Hall–Kier alpha value is -0.0400. The Morgan fingerprint density at radius 1 is 1.30 bits per heavy atom. The molecule has 1 heteroatoms. The third kappa shape index (κ3) is 0.968. The van der Waals surface area contributed by atoms with Gasteiger partial charge < -0.3 is 4.74 Å². The summed E-state index contributed by atoms with van der Waals surface area (Å²) in [4.78, 5) is 0. The molecule has 10 heavy (non-hydrogen) atoms. The van der Waals surface area contributed by atoms with Crippen molar-refractivity contribution in [3.8, 4) is 0 Å². The molecule has 0 aromatic heterocycles. The average Bonchev–Trinajstić information content (AvgIpc) is 2.52. The molecule has 4 unspecified atom stereocenters. The van der Waals surface area contributed by atoms with Crippen LogP contribution in [-0.2, 0) is 4.74 Å². The predicted molar refractivity (Wildman–Crippen MR) is 40.8 cm³/mol. The highest BCUT2D eigenvalue weighted by Gasteiger charge is 2.49. The van der Waals surface area contributed by atoms with E-state index in [1.54, 1.807) is 0 Å². The maximum atomic E-state index is 5.66. The summed E-state index contributed by atoms with van der Waals surface area (Å²) in [5.74, 6) is 2.68. The minimum atomic E-state index is 0.643.